The molecule has 108 valence electrons. The second-order valence-electron chi connectivity index (χ2n) is 3.01. The van der Waals surface area contributed by atoms with Gasteiger partial charge in [-0.1, -0.05) is 12.2 Å². The van der Waals surface area contributed by atoms with Crippen molar-refractivity contribution in [1.82, 2.24) is 0 Å². The molecule has 0 saturated heterocycles. The van der Waals surface area contributed by atoms with Gasteiger partial charge in [-0.15, -0.1) is 0 Å². The van der Waals surface area contributed by atoms with Crippen LogP contribution in [0, 0.1) is 0 Å². The van der Waals surface area contributed by atoms with Crippen LogP contribution in [0.25, 0.3) is 0 Å². The molecule has 7 nitrogen and oxygen atoms in total. The molecule has 0 aromatic heterocycles. The van der Waals surface area contributed by atoms with Crippen molar-refractivity contribution < 1.29 is 33.3 Å². The molecule has 7 heteroatoms. The lowest BCUT2D eigenvalue weighted by atomic mass is 10.5. The van der Waals surface area contributed by atoms with Crippen LogP contribution in [-0.2, 0) is 23.7 Å². The molecular formula is C12H18O7. The second kappa shape index (κ2) is 12.4. The van der Waals surface area contributed by atoms with E-state index in [9.17, 15) is 9.59 Å². The maximum absolute atomic E-state index is 10.6. The SMILES string of the molecule is COC(=O)OCC=CCOCC=CCOC(=O)OC. The zero-order valence-electron chi connectivity index (χ0n) is 11.0. The van der Waals surface area contributed by atoms with Crippen LogP contribution in [0.15, 0.2) is 24.3 Å². The van der Waals surface area contributed by atoms with Gasteiger partial charge in [-0.3, -0.25) is 0 Å². The van der Waals surface area contributed by atoms with Gasteiger partial charge in [0.1, 0.15) is 13.2 Å². The van der Waals surface area contributed by atoms with Crippen molar-refractivity contribution >= 4 is 12.3 Å². The molecule has 0 unspecified atom stereocenters. The van der Waals surface area contributed by atoms with E-state index in [1.54, 1.807) is 24.3 Å². The standard InChI is InChI=1S/C12H18O7/c1-15-11(13)18-9-5-3-7-17-8-4-6-10-19-12(14)16-2/h3-6H,7-10H2,1-2H3. The smallest absolute Gasteiger partial charge is 0.438 e. The summed E-state index contributed by atoms with van der Waals surface area (Å²) in [7, 11) is 2.48. The maximum Gasteiger partial charge on any atom is 0.508 e. The third-order valence-electron chi connectivity index (χ3n) is 1.69. The first-order valence-electron chi connectivity index (χ1n) is 5.50. The van der Waals surface area contributed by atoms with E-state index < -0.39 is 12.3 Å². The normalized spacial score (nSPS) is 10.6. The summed E-state index contributed by atoms with van der Waals surface area (Å²) in [5, 5.41) is 0. The molecule has 0 atom stereocenters. The van der Waals surface area contributed by atoms with Crippen molar-refractivity contribution in [3.05, 3.63) is 24.3 Å². The van der Waals surface area contributed by atoms with E-state index in [4.69, 9.17) is 4.74 Å². The predicted octanol–water partition coefficient (Wildman–Crippen LogP) is 1.68. The number of methoxy groups -OCH3 is 2. The lowest BCUT2D eigenvalue weighted by Crippen LogP contribution is -2.04. The van der Waals surface area contributed by atoms with Crippen LogP contribution in [0.2, 0.25) is 0 Å². The van der Waals surface area contributed by atoms with Crippen LogP contribution in [0.1, 0.15) is 0 Å². The van der Waals surface area contributed by atoms with Gasteiger partial charge in [-0.25, -0.2) is 9.59 Å². The largest absolute Gasteiger partial charge is 0.508 e. The first-order chi connectivity index (χ1) is 9.20. The van der Waals surface area contributed by atoms with Gasteiger partial charge in [0.2, 0.25) is 0 Å². The summed E-state index contributed by atoms with van der Waals surface area (Å²) in [6.07, 6.45) is 5.25. The summed E-state index contributed by atoms with van der Waals surface area (Å²) in [5.41, 5.74) is 0. The van der Waals surface area contributed by atoms with Crippen LogP contribution in [0.5, 0.6) is 0 Å². The van der Waals surface area contributed by atoms with Crippen molar-refractivity contribution in [1.29, 1.82) is 0 Å². The highest BCUT2D eigenvalue weighted by molar-refractivity contribution is 5.59. The first-order valence-corrected chi connectivity index (χ1v) is 5.50. The van der Waals surface area contributed by atoms with Gasteiger partial charge in [-0.2, -0.15) is 0 Å². The van der Waals surface area contributed by atoms with Gasteiger partial charge in [-0.05, 0) is 12.2 Å². The molecule has 0 amide bonds. The Balaban J connectivity index is 3.34. The van der Waals surface area contributed by atoms with Crippen LogP contribution in [-0.4, -0.2) is 53.0 Å². The van der Waals surface area contributed by atoms with Crippen molar-refractivity contribution in [3.63, 3.8) is 0 Å². The summed E-state index contributed by atoms with van der Waals surface area (Å²) in [6, 6.07) is 0. The average Bonchev–Trinajstić information content (AvgIpc) is 2.43. The third kappa shape index (κ3) is 12.2. The molecule has 0 aliphatic rings. The van der Waals surface area contributed by atoms with E-state index in [1.165, 1.54) is 14.2 Å². The fourth-order valence-corrected chi connectivity index (χ4v) is 0.826. The molecular weight excluding hydrogens is 256 g/mol. The minimum atomic E-state index is -0.723. The molecule has 0 N–H and O–H groups in total. The first kappa shape index (κ1) is 17.0. The monoisotopic (exact) mass is 274 g/mol. The average molecular weight is 274 g/mol. The number of carbonyl (C=O) groups excluding carboxylic acids is 2. The van der Waals surface area contributed by atoms with E-state index in [0.717, 1.165) is 0 Å². The minimum Gasteiger partial charge on any atom is -0.438 e. The van der Waals surface area contributed by atoms with Gasteiger partial charge in [0.15, 0.2) is 0 Å². The van der Waals surface area contributed by atoms with Crippen LogP contribution in [0.4, 0.5) is 9.59 Å². The van der Waals surface area contributed by atoms with Gasteiger partial charge in [0.05, 0.1) is 27.4 Å². The minimum absolute atomic E-state index is 0.138. The number of ether oxygens (including phenoxy) is 5. The Kier molecular flexibility index (Phi) is 11.1. The molecule has 0 bridgehead atoms. The van der Waals surface area contributed by atoms with E-state index >= 15 is 0 Å². The lowest BCUT2D eigenvalue weighted by Gasteiger charge is -1.99. The van der Waals surface area contributed by atoms with E-state index in [0.29, 0.717) is 13.2 Å². The van der Waals surface area contributed by atoms with Crippen molar-refractivity contribution in [2.45, 2.75) is 0 Å². The molecule has 0 aliphatic carbocycles. The molecule has 0 rings (SSSR count). The van der Waals surface area contributed by atoms with Crippen molar-refractivity contribution in [2.24, 2.45) is 0 Å². The summed E-state index contributed by atoms with van der Waals surface area (Å²) in [6.45, 7) is 1.04. The van der Waals surface area contributed by atoms with E-state index in [2.05, 4.69) is 18.9 Å². The Bertz CT molecular complexity index is 279. The molecule has 0 saturated carbocycles. The summed E-state index contributed by atoms with van der Waals surface area (Å²) >= 11 is 0. The fourth-order valence-electron chi connectivity index (χ4n) is 0.826. The second-order valence-corrected chi connectivity index (χ2v) is 3.01. The van der Waals surface area contributed by atoms with Gasteiger partial charge < -0.3 is 23.7 Å². The summed E-state index contributed by atoms with van der Waals surface area (Å²) in [5.74, 6) is 0. The molecule has 0 aromatic carbocycles. The maximum atomic E-state index is 10.6. The summed E-state index contributed by atoms with van der Waals surface area (Å²) in [4.78, 5) is 21.1. The van der Waals surface area contributed by atoms with E-state index in [1.807, 2.05) is 0 Å². The summed E-state index contributed by atoms with van der Waals surface area (Å²) < 4.78 is 23.0. The number of hydrogen-bond donors (Lipinski definition) is 0. The topological polar surface area (TPSA) is 80.3 Å². The zero-order valence-corrected chi connectivity index (χ0v) is 11.0. The third-order valence-corrected chi connectivity index (χ3v) is 1.69. The molecule has 0 aromatic rings. The van der Waals surface area contributed by atoms with Crippen molar-refractivity contribution in [3.8, 4) is 0 Å². The highest BCUT2D eigenvalue weighted by Gasteiger charge is 1.96. The fraction of sp³-hybridized carbons (Fsp3) is 0.500. The highest BCUT2D eigenvalue weighted by Crippen LogP contribution is 1.86. The Morgan fingerprint density at radius 2 is 1.11 bits per heavy atom. The Hall–Kier alpha value is -2.02. The Morgan fingerprint density at radius 1 is 0.737 bits per heavy atom. The molecule has 0 aliphatic heterocycles. The van der Waals surface area contributed by atoms with Crippen LogP contribution in [0.3, 0.4) is 0 Å². The molecule has 0 fully saturated rings. The molecule has 0 heterocycles. The lowest BCUT2D eigenvalue weighted by molar-refractivity contribution is 0.0808. The number of hydrogen-bond acceptors (Lipinski definition) is 7. The zero-order chi connectivity index (χ0) is 14.3. The van der Waals surface area contributed by atoms with Crippen molar-refractivity contribution in [2.75, 3.05) is 40.6 Å². The molecule has 19 heavy (non-hydrogen) atoms. The van der Waals surface area contributed by atoms with Gasteiger partial charge in [0.25, 0.3) is 0 Å². The molecule has 0 spiro atoms. The Morgan fingerprint density at radius 3 is 1.47 bits per heavy atom. The molecule has 0 radical (unpaired) electrons. The number of rotatable bonds is 8. The van der Waals surface area contributed by atoms with E-state index in [-0.39, 0.29) is 13.2 Å². The quantitative estimate of drug-likeness (QED) is 0.378. The highest BCUT2D eigenvalue weighted by atomic mass is 16.7. The van der Waals surface area contributed by atoms with Gasteiger partial charge >= 0.3 is 12.3 Å². The van der Waals surface area contributed by atoms with Crippen LogP contribution >= 0.6 is 0 Å². The predicted molar refractivity (Wildman–Crippen MR) is 65.8 cm³/mol. The number of carbonyl (C=O) groups is 2. The van der Waals surface area contributed by atoms with Gasteiger partial charge in [0, 0.05) is 0 Å². The Labute approximate surface area is 111 Å². The van der Waals surface area contributed by atoms with Crippen LogP contribution < -0.4 is 0 Å².